The molecule has 0 bridgehead atoms. The Morgan fingerprint density at radius 2 is 1.93 bits per heavy atom. The zero-order chi connectivity index (χ0) is 10.8. The van der Waals surface area contributed by atoms with Gasteiger partial charge in [-0.25, -0.2) is 0 Å². The summed E-state index contributed by atoms with van der Waals surface area (Å²) >= 11 is 0. The van der Waals surface area contributed by atoms with Crippen LogP contribution in [0.3, 0.4) is 0 Å². The van der Waals surface area contributed by atoms with Gasteiger partial charge in [0.05, 0.1) is 14.2 Å². The normalized spacial score (nSPS) is 18.7. The number of hydrogen-bond acceptors (Lipinski definition) is 3. The van der Waals surface area contributed by atoms with Crippen LogP contribution in [0.25, 0.3) is 0 Å². The average Bonchev–Trinajstić information content (AvgIpc) is 2.68. The number of methoxy groups -OCH3 is 2. The molecule has 1 aromatic carbocycles. The van der Waals surface area contributed by atoms with E-state index in [-0.39, 0.29) is 0 Å². The number of fused-ring (bicyclic) bond motifs is 1. The van der Waals surface area contributed by atoms with Crippen LogP contribution in [0, 0.1) is 0 Å². The molecule has 3 heteroatoms. The quantitative estimate of drug-likeness (QED) is 0.820. The van der Waals surface area contributed by atoms with Crippen LogP contribution in [0.1, 0.15) is 23.5 Å². The summed E-state index contributed by atoms with van der Waals surface area (Å²) in [7, 11) is 3.33. The maximum atomic E-state index is 5.74. The number of aryl methyl sites for hydroxylation is 1. The summed E-state index contributed by atoms with van der Waals surface area (Å²) in [5.41, 5.74) is 8.42. The molecule has 0 fully saturated rings. The topological polar surface area (TPSA) is 44.5 Å². The van der Waals surface area contributed by atoms with Crippen molar-refractivity contribution in [3.63, 3.8) is 0 Å². The predicted octanol–water partition coefficient (Wildman–Crippen LogP) is 1.69. The Hall–Kier alpha value is -1.22. The first kappa shape index (κ1) is 10.3. The standard InChI is InChI=1S/C12H17NO2/c1-14-11-5-8-3-4-9(7-13)10(8)6-12(11)15-2/h5-6,9H,3-4,7,13H2,1-2H3/t9-/m1/s1. The van der Waals surface area contributed by atoms with Crippen molar-refractivity contribution in [3.8, 4) is 11.5 Å². The van der Waals surface area contributed by atoms with Crippen molar-refractivity contribution in [1.29, 1.82) is 0 Å². The summed E-state index contributed by atoms with van der Waals surface area (Å²) in [5, 5.41) is 0. The van der Waals surface area contributed by atoms with Crippen molar-refractivity contribution >= 4 is 0 Å². The van der Waals surface area contributed by atoms with Gasteiger partial charge in [0.25, 0.3) is 0 Å². The van der Waals surface area contributed by atoms with Gasteiger partial charge >= 0.3 is 0 Å². The van der Waals surface area contributed by atoms with Crippen molar-refractivity contribution in [3.05, 3.63) is 23.3 Å². The van der Waals surface area contributed by atoms with E-state index in [1.54, 1.807) is 14.2 Å². The largest absolute Gasteiger partial charge is 0.493 e. The van der Waals surface area contributed by atoms with E-state index in [0.717, 1.165) is 24.3 Å². The van der Waals surface area contributed by atoms with Gasteiger partial charge in [0, 0.05) is 0 Å². The van der Waals surface area contributed by atoms with Crippen LogP contribution in [-0.2, 0) is 6.42 Å². The lowest BCUT2D eigenvalue weighted by Crippen LogP contribution is -2.09. The van der Waals surface area contributed by atoms with Gasteiger partial charge in [0.1, 0.15) is 0 Å². The minimum absolute atomic E-state index is 0.486. The van der Waals surface area contributed by atoms with Crippen LogP contribution >= 0.6 is 0 Å². The first-order valence-electron chi connectivity index (χ1n) is 5.25. The Morgan fingerprint density at radius 1 is 1.27 bits per heavy atom. The number of rotatable bonds is 3. The van der Waals surface area contributed by atoms with Gasteiger partial charge in [0.15, 0.2) is 11.5 Å². The third-order valence-electron chi connectivity index (χ3n) is 3.13. The SMILES string of the molecule is COc1cc2c(cc1OC)[C@@H](CN)CC2. The monoisotopic (exact) mass is 207 g/mol. The summed E-state index contributed by atoms with van der Waals surface area (Å²) in [6, 6.07) is 4.14. The minimum atomic E-state index is 0.486. The number of benzene rings is 1. The van der Waals surface area contributed by atoms with Crippen molar-refractivity contribution in [2.24, 2.45) is 5.73 Å². The summed E-state index contributed by atoms with van der Waals surface area (Å²) < 4.78 is 10.6. The molecule has 0 aliphatic heterocycles. The van der Waals surface area contributed by atoms with Crippen molar-refractivity contribution < 1.29 is 9.47 Å². The molecule has 0 amide bonds. The second kappa shape index (κ2) is 4.11. The third kappa shape index (κ3) is 1.67. The van der Waals surface area contributed by atoms with Crippen molar-refractivity contribution in [2.75, 3.05) is 20.8 Å². The summed E-state index contributed by atoms with van der Waals surface area (Å²) in [5.74, 6) is 2.10. The molecule has 2 rings (SSSR count). The Balaban J connectivity index is 2.44. The molecule has 0 radical (unpaired) electrons. The van der Waals surface area contributed by atoms with Gasteiger partial charge in [0.2, 0.25) is 0 Å². The molecular weight excluding hydrogens is 190 g/mol. The first-order valence-corrected chi connectivity index (χ1v) is 5.25. The van der Waals surface area contributed by atoms with Crippen LogP contribution in [0.5, 0.6) is 11.5 Å². The van der Waals surface area contributed by atoms with Crippen LogP contribution in [0.15, 0.2) is 12.1 Å². The van der Waals surface area contributed by atoms with Crippen molar-refractivity contribution in [1.82, 2.24) is 0 Å². The molecule has 1 aromatic rings. The van der Waals surface area contributed by atoms with E-state index in [1.807, 2.05) is 0 Å². The second-order valence-corrected chi connectivity index (χ2v) is 3.88. The van der Waals surface area contributed by atoms with E-state index >= 15 is 0 Å². The smallest absolute Gasteiger partial charge is 0.161 e. The molecule has 0 unspecified atom stereocenters. The molecule has 0 heterocycles. The molecular formula is C12H17NO2. The Kier molecular flexibility index (Phi) is 2.82. The highest BCUT2D eigenvalue weighted by atomic mass is 16.5. The van der Waals surface area contributed by atoms with Gasteiger partial charge < -0.3 is 15.2 Å². The molecule has 0 saturated heterocycles. The van der Waals surface area contributed by atoms with Crippen LogP contribution in [-0.4, -0.2) is 20.8 Å². The lowest BCUT2D eigenvalue weighted by atomic mass is 10.0. The summed E-state index contributed by atoms with van der Waals surface area (Å²) in [6.45, 7) is 0.711. The van der Waals surface area contributed by atoms with Gasteiger partial charge in [-0.15, -0.1) is 0 Å². The molecule has 82 valence electrons. The van der Waals surface area contributed by atoms with E-state index in [0.29, 0.717) is 12.5 Å². The van der Waals surface area contributed by atoms with E-state index in [1.165, 1.54) is 11.1 Å². The summed E-state index contributed by atoms with van der Waals surface area (Å²) in [6.07, 6.45) is 2.24. The maximum absolute atomic E-state index is 5.74. The molecule has 1 aliphatic carbocycles. The molecule has 0 saturated carbocycles. The Morgan fingerprint density at radius 3 is 2.53 bits per heavy atom. The highest BCUT2D eigenvalue weighted by molar-refractivity contribution is 5.50. The van der Waals surface area contributed by atoms with E-state index in [2.05, 4.69) is 12.1 Å². The van der Waals surface area contributed by atoms with Gasteiger partial charge in [-0.3, -0.25) is 0 Å². The molecule has 0 aromatic heterocycles. The lowest BCUT2D eigenvalue weighted by molar-refractivity contribution is 0.354. The first-order chi connectivity index (χ1) is 7.30. The molecule has 3 nitrogen and oxygen atoms in total. The molecule has 0 spiro atoms. The van der Waals surface area contributed by atoms with Gasteiger partial charge in [-0.2, -0.15) is 0 Å². The van der Waals surface area contributed by atoms with Crippen molar-refractivity contribution in [2.45, 2.75) is 18.8 Å². The predicted molar refractivity (Wildman–Crippen MR) is 59.7 cm³/mol. The van der Waals surface area contributed by atoms with Gasteiger partial charge in [-0.05, 0) is 48.6 Å². The summed E-state index contributed by atoms with van der Waals surface area (Å²) in [4.78, 5) is 0. The number of ether oxygens (including phenoxy) is 2. The second-order valence-electron chi connectivity index (χ2n) is 3.88. The fourth-order valence-corrected chi connectivity index (χ4v) is 2.26. The average molecular weight is 207 g/mol. The Labute approximate surface area is 90.2 Å². The number of nitrogens with two attached hydrogens (primary N) is 1. The zero-order valence-corrected chi connectivity index (χ0v) is 9.25. The lowest BCUT2D eigenvalue weighted by Gasteiger charge is -2.13. The Bertz CT molecular complexity index is 363. The van der Waals surface area contributed by atoms with E-state index in [9.17, 15) is 0 Å². The van der Waals surface area contributed by atoms with Crippen LogP contribution < -0.4 is 15.2 Å². The fourth-order valence-electron chi connectivity index (χ4n) is 2.26. The van der Waals surface area contributed by atoms with Gasteiger partial charge in [-0.1, -0.05) is 0 Å². The van der Waals surface area contributed by atoms with Crippen LogP contribution in [0.2, 0.25) is 0 Å². The molecule has 2 N–H and O–H groups in total. The van der Waals surface area contributed by atoms with E-state index < -0.39 is 0 Å². The van der Waals surface area contributed by atoms with E-state index in [4.69, 9.17) is 15.2 Å². The van der Waals surface area contributed by atoms with Crippen LogP contribution in [0.4, 0.5) is 0 Å². The third-order valence-corrected chi connectivity index (χ3v) is 3.13. The highest BCUT2D eigenvalue weighted by Crippen LogP contribution is 2.39. The molecule has 15 heavy (non-hydrogen) atoms. The highest BCUT2D eigenvalue weighted by Gasteiger charge is 2.23. The maximum Gasteiger partial charge on any atom is 0.161 e. The molecule has 1 aliphatic rings. The fraction of sp³-hybridized carbons (Fsp3) is 0.500. The minimum Gasteiger partial charge on any atom is -0.493 e. The number of hydrogen-bond donors (Lipinski definition) is 1. The molecule has 1 atom stereocenters. The zero-order valence-electron chi connectivity index (χ0n) is 9.25.